The highest BCUT2D eigenvalue weighted by Crippen LogP contribution is 2.52. The van der Waals surface area contributed by atoms with Gasteiger partial charge in [0.05, 0.1) is 0 Å². The van der Waals surface area contributed by atoms with Crippen LogP contribution in [0.15, 0.2) is 10.2 Å². The molecule has 68 heavy (non-hydrogen) atoms. The van der Waals surface area contributed by atoms with E-state index in [0.29, 0.717) is 23.9 Å². The van der Waals surface area contributed by atoms with Crippen LogP contribution in [0, 0.1) is 35.5 Å². The maximum absolute atomic E-state index is 5.47. The van der Waals surface area contributed by atoms with Gasteiger partial charge >= 0.3 is 0 Å². The molecular formula is C62H112N6. The van der Waals surface area contributed by atoms with Crippen LogP contribution in [0.4, 0.5) is 0 Å². The molecule has 0 radical (unpaired) electrons. The molecule has 0 aromatic heterocycles. The summed E-state index contributed by atoms with van der Waals surface area (Å²) in [4.78, 5) is 6.16. The van der Waals surface area contributed by atoms with E-state index < -0.39 is 0 Å². The van der Waals surface area contributed by atoms with Gasteiger partial charge < -0.3 is 0 Å². The molecule has 390 valence electrons. The highest BCUT2D eigenvalue weighted by Gasteiger charge is 2.52. The van der Waals surface area contributed by atoms with Gasteiger partial charge in [-0.25, -0.2) is 0 Å². The zero-order chi connectivity index (χ0) is 46.6. The van der Waals surface area contributed by atoms with Gasteiger partial charge in [-0.1, -0.05) is 168 Å². The van der Waals surface area contributed by atoms with Crippen molar-refractivity contribution in [2.45, 2.75) is 320 Å². The highest BCUT2D eigenvalue weighted by molar-refractivity contribution is 5.61. The molecule has 0 aromatic carbocycles. The van der Waals surface area contributed by atoms with E-state index in [-0.39, 0.29) is 0 Å². The Labute approximate surface area is 422 Å². The Hall–Kier alpha value is -1.14. The quantitative estimate of drug-likeness (QED) is 0.0425. The van der Waals surface area contributed by atoms with Crippen molar-refractivity contribution in [1.29, 1.82) is 0 Å². The van der Waals surface area contributed by atoms with E-state index >= 15 is 0 Å². The third kappa shape index (κ3) is 15.2. The normalized spacial score (nSPS) is 33.0. The fraction of sp³-hybridized carbons (Fsp3) is 0.968. The third-order valence-corrected chi connectivity index (χ3v) is 20.6. The molecule has 6 saturated carbocycles. The first-order valence-electron chi connectivity index (χ1n) is 31.8. The first kappa shape index (κ1) is 53.2. The minimum absolute atomic E-state index is 0.693. The maximum Gasteiger partial charge on any atom is 0.0470 e. The summed E-state index contributed by atoms with van der Waals surface area (Å²) in [5, 5.41) is 16.2. The number of hydrogen-bond donors (Lipinski definition) is 0. The van der Waals surface area contributed by atoms with Crippen LogP contribution >= 0.6 is 0 Å². The monoisotopic (exact) mass is 941 g/mol. The van der Waals surface area contributed by atoms with Crippen LogP contribution in [0.3, 0.4) is 0 Å². The van der Waals surface area contributed by atoms with Gasteiger partial charge in [-0.3, -0.25) is 19.8 Å². The molecule has 6 nitrogen and oxygen atoms in total. The zero-order valence-corrected chi connectivity index (χ0v) is 45.3. The summed E-state index contributed by atoms with van der Waals surface area (Å²) in [6.07, 6.45) is 64.6. The number of fused-ring (bicyclic) bond motifs is 6. The smallest absolute Gasteiger partial charge is 0.0470 e. The molecule has 0 N–H and O–H groups in total. The molecule has 2 heterocycles. The Morgan fingerprint density at radius 3 is 1.13 bits per heavy atom. The molecule has 0 aromatic rings. The van der Waals surface area contributed by atoms with Gasteiger partial charge in [0.2, 0.25) is 0 Å². The van der Waals surface area contributed by atoms with Gasteiger partial charge in [-0.2, -0.15) is 10.2 Å². The van der Waals surface area contributed by atoms with E-state index in [2.05, 4.69) is 46.1 Å². The van der Waals surface area contributed by atoms with E-state index in [0.717, 1.165) is 47.8 Å². The average molecular weight is 942 g/mol. The fourth-order valence-electron chi connectivity index (χ4n) is 16.9. The molecule has 0 spiro atoms. The lowest BCUT2D eigenvalue weighted by Gasteiger charge is -2.37. The Bertz CT molecular complexity index is 1300. The molecule has 2 aliphatic heterocycles. The summed E-state index contributed by atoms with van der Waals surface area (Å²) in [7, 11) is 0. The van der Waals surface area contributed by atoms with Crippen molar-refractivity contribution in [3.05, 3.63) is 0 Å². The van der Waals surface area contributed by atoms with Crippen LogP contribution in [0.1, 0.15) is 284 Å². The van der Waals surface area contributed by atoms with E-state index in [1.54, 1.807) is 0 Å². The molecule has 0 bridgehead atoms. The number of unbranched alkanes of at least 4 members (excludes halogenated alkanes) is 15. The minimum Gasteiger partial charge on any atom is -0.297 e. The van der Waals surface area contributed by atoms with Crippen LogP contribution in [0.25, 0.3) is 0 Å². The van der Waals surface area contributed by atoms with Crippen molar-refractivity contribution in [3.63, 3.8) is 0 Å². The second-order valence-corrected chi connectivity index (χ2v) is 25.2. The molecule has 0 amide bonds. The SMILES string of the molecule is CCCCCCCN1C2CCCCC2C2CC(/C=N/N(CCCCCCCCCCN(/N=C/C3CCC4C(C3)C3CCCCC3N4CCCCCCC)C3CCCCC3)C3CCCCC3)CCC21. The lowest BCUT2D eigenvalue weighted by atomic mass is 9.70. The lowest BCUT2D eigenvalue weighted by molar-refractivity contribution is 0.131. The van der Waals surface area contributed by atoms with Gasteiger partial charge in [0, 0.05) is 61.8 Å². The summed E-state index contributed by atoms with van der Waals surface area (Å²) < 4.78 is 0. The second kappa shape index (κ2) is 29.5. The molecule has 10 unspecified atom stereocenters. The molecule has 8 fully saturated rings. The van der Waals surface area contributed by atoms with Gasteiger partial charge in [0.25, 0.3) is 0 Å². The predicted molar refractivity (Wildman–Crippen MR) is 293 cm³/mol. The molecule has 6 heteroatoms. The molecular weight excluding hydrogens is 829 g/mol. The Morgan fingerprint density at radius 1 is 0.353 bits per heavy atom. The minimum atomic E-state index is 0.693. The van der Waals surface area contributed by atoms with E-state index in [4.69, 9.17) is 10.2 Å². The number of hydrogen-bond acceptors (Lipinski definition) is 6. The number of likely N-dealkylation sites (tertiary alicyclic amines) is 2. The van der Waals surface area contributed by atoms with Crippen molar-refractivity contribution in [1.82, 2.24) is 19.8 Å². The summed E-state index contributed by atoms with van der Waals surface area (Å²) in [5.41, 5.74) is 0. The van der Waals surface area contributed by atoms with E-state index in [9.17, 15) is 0 Å². The first-order valence-corrected chi connectivity index (χ1v) is 31.8. The standard InChI is InChI=1S/C62H112N6/c1-3-5-7-13-27-43-65-59-37-25-23-35-55(59)57-47-51(39-41-61(57)65)49-63-67(53-31-19-17-20-32-53)45-29-15-11-9-10-12-16-30-46-68(54-33-21-18-22-34-54)64-50-52-40-42-62-58(48-52)56-36-24-26-38-60(56)66(62)44-28-14-8-6-4-2/h49-62H,3-48H2,1-2H3/b63-49+,64-50+. The number of hydrazone groups is 2. The topological polar surface area (TPSA) is 37.7 Å². The molecule has 2 saturated heterocycles. The predicted octanol–water partition coefficient (Wildman–Crippen LogP) is 16.6. The van der Waals surface area contributed by atoms with E-state index in [1.807, 2.05) is 0 Å². The van der Waals surface area contributed by atoms with Gasteiger partial charge in [-0.15, -0.1) is 0 Å². The van der Waals surface area contributed by atoms with Crippen molar-refractivity contribution >= 4 is 12.4 Å². The van der Waals surface area contributed by atoms with Crippen molar-refractivity contribution in [2.75, 3.05) is 26.2 Å². The largest absolute Gasteiger partial charge is 0.297 e. The van der Waals surface area contributed by atoms with Gasteiger partial charge in [0.15, 0.2) is 0 Å². The van der Waals surface area contributed by atoms with Crippen molar-refractivity contribution < 1.29 is 0 Å². The molecule has 8 aliphatic rings. The summed E-state index contributed by atoms with van der Waals surface area (Å²) >= 11 is 0. The number of nitrogens with zero attached hydrogens (tertiary/aromatic N) is 6. The van der Waals surface area contributed by atoms with Crippen molar-refractivity contribution in [3.8, 4) is 0 Å². The van der Waals surface area contributed by atoms with Crippen LogP contribution in [0.2, 0.25) is 0 Å². The Balaban J connectivity index is 0.731. The van der Waals surface area contributed by atoms with Crippen LogP contribution in [-0.4, -0.2) is 94.7 Å². The molecule has 6 aliphatic carbocycles. The summed E-state index contributed by atoms with van der Waals surface area (Å²) in [6.45, 7) is 9.85. The number of rotatable bonds is 29. The van der Waals surface area contributed by atoms with Gasteiger partial charge in [-0.05, 0) is 164 Å². The van der Waals surface area contributed by atoms with Crippen LogP contribution < -0.4 is 0 Å². The van der Waals surface area contributed by atoms with Crippen LogP contribution in [0.5, 0.6) is 0 Å². The van der Waals surface area contributed by atoms with Gasteiger partial charge in [0.1, 0.15) is 0 Å². The molecule has 10 atom stereocenters. The van der Waals surface area contributed by atoms with Crippen molar-refractivity contribution in [2.24, 2.45) is 45.7 Å². The van der Waals surface area contributed by atoms with E-state index in [1.165, 1.54) is 296 Å². The molecule has 8 rings (SSSR count). The first-order chi connectivity index (χ1) is 33.7. The fourth-order valence-corrected chi connectivity index (χ4v) is 16.9. The third-order valence-electron chi connectivity index (χ3n) is 20.6. The summed E-state index contributed by atoms with van der Waals surface area (Å²) in [6, 6.07) is 4.94. The average Bonchev–Trinajstić information content (AvgIpc) is 3.87. The lowest BCUT2D eigenvalue weighted by Crippen LogP contribution is -2.41. The van der Waals surface area contributed by atoms with Crippen LogP contribution in [-0.2, 0) is 0 Å². The highest BCUT2D eigenvalue weighted by atomic mass is 15.5. The summed E-state index contributed by atoms with van der Waals surface area (Å²) in [5.74, 6) is 5.24. The Kier molecular flexibility index (Phi) is 23.1. The zero-order valence-electron chi connectivity index (χ0n) is 45.3. The Morgan fingerprint density at radius 2 is 0.706 bits per heavy atom. The maximum atomic E-state index is 5.47. The second-order valence-electron chi connectivity index (χ2n) is 25.2.